The molecule has 1 unspecified atom stereocenters. The van der Waals surface area contributed by atoms with Gasteiger partial charge in [-0.25, -0.2) is 32.3 Å². The van der Waals surface area contributed by atoms with Crippen LogP contribution in [-0.4, -0.2) is 65.9 Å². The van der Waals surface area contributed by atoms with Gasteiger partial charge in [-0.3, -0.25) is 4.72 Å². The van der Waals surface area contributed by atoms with E-state index >= 15 is 4.39 Å². The molecule has 0 amide bonds. The molecule has 1 aliphatic heterocycles. The molecule has 218 valence electrons. The van der Waals surface area contributed by atoms with E-state index in [9.17, 15) is 8.60 Å². The Hall–Kier alpha value is -3.52. The Balaban J connectivity index is 1.62. The fourth-order valence-corrected chi connectivity index (χ4v) is 5.89. The summed E-state index contributed by atoms with van der Waals surface area (Å²) in [6.45, 7) is 12.7. The maximum Gasteiger partial charge on any atom is 0.227 e. The Labute approximate surface area is 245 Å². The zero-order chi connectivity index (χ0) is 29.5. The lowest BCUT2D eigenvalue weighted by atomic mass is 10.1. The Morgan fingerprint density at radius 1 is 1.29 bits per heavy atom. The molecule has 13 heteroatoms. The van der Waals surface area contributed by atoms with Gasteiger partial charge in [-0.2, -0.15) is 0 Å². The van der Waals surface area contributed by atoms with Crippen LogP contribution < -0.4 is 20.3 Å². The first-order chi connectivity index (χ1) is 19.7. The van der Waals surface area contributed by atoms with Crippen LogP contribution in [0.4, 0.5) is 25.8 Å². The van der Waals surface area contributed by atoms with Crippen molar-refractivity contribution in [1.82, 2.24) is 14.6 Å². The predicted molar refractivity (Wildman–Crippen MR) is 168 cm³/mol. The summed E-state index contributed by atoms with van der Waals surface area (Å²) >= 11 is -0.247. The molecule has 0 radical (unpaired) electrons. The van der Waals surface area contributed by atoms with E-state index in [-0.39, 0.29) is 23.0 Å². The minimum absolute atomic E-state index is 0.102. The number of aryl methyl sites for hydroxylation is 1. The molecule has 3 N–H and O–H groups in total. The van der Waals surface area contributed by atoms with Gasteiger partial charge in [0.1, 0.15) is 5.82 Å². The number of allylic oxidation sites excluding steroid dienone is 1. The molecule has 9 nitrogen and oxygen atoms in total. The van der Waals surface area contributed by atoms with Crippen molar-refractivity contribution in [3.63, 3.8) is 0 Å². The van der Waals surface area contributed by atoms with Gasteiger partial charge in [0, 0.05) is 51.0 Å². The van der Waals surface area contributed by atoms with E-state index in [1.54, 1.807) is 48.6 Å². The normalized spacial score (nSPS) is 15.2. The molecule has 1 aliphatic rings. The van der Waals surface area contributed by atoms with Gasteiger partial charge in [-0.05, 0) is 50.9 Å². The van der Waals surface area contributed by atoms with E-state index in [1.807, 2.05) is 18.7 Å². The highest BCUT2D eigenvalue weighted by Gasteiger charge is 2.21. The number of aromatic nitrogens is 1. The van der Waals surface area contributed by atoms with Gasteiger partial charge >= 0.3 is 0 Å². The third-order valence-electron chi connectivity index (χ3n) is 6.46. The van der Waals surface area contributed by atoms with Gasteiger partial charge in [-0.15, -0.1) is 11.3 Å². The van der Waals surface area contributed by atoms with Crippen LogP contribution in [0.15, 0.2) is 52.5 Å². The summed E-state index contributed by atoms with van der Waals surface area (Å²) in [6.07, 6.45) is 1.77. The monoisotopic (exact) mass is 600 g/mol. The first-order valence-corrected chi connectivity index (χ1v) is 15.1. The summed E-state index contributed by atoms with van der Waals surface area (Å²) in [5.74, 6) is -0.767. The molecule has 0 aliphatic carbocycles. The summed E-state index contributed by atoms with van der Waals surface area (Å²) in [7, 11) is 1.68. The topological polar surface area (TPSA) is 97.2 Å². The first kappa shape index (κ1) is 30.4. The zero-order valence-corrected chi connectivity index (χ0v) is 25.1. The maximum absolute atomic E-state index is 15.7. The van der Waals surface area contributed by atoms with E-state index in [4.69, 9.17) is 0 Å². The molecule has 0 saturated carbocycles. The number of aliphatic imine (C=N–C) groups is 2. The minimum Gasteiger partial charge on any atom is -0.367 e. The average Bonchev–Trinajstić information content (AvgIpc) is 3.37. The standard InChI is InChI=1S/C28H34F2N8OS2/c1-6-22(35-28(31-4)34-19-11-12-24(21(29)17-19)38-15-13-32-14-16-38)27-26(33-18(3)40-27)20-9-8-10-23(25(20)30)36-41(39)37(5)7-2/h6,8-12,17,32,36H,4,7,13-16H2,1-3,5H3,(H,34,35)/b22-6-. The van der Waals surface area contributed by atoms with Crippen LogP contribution in [0.5, 0.6) is 0 Å². The van der Waals surface area contributed by atoms with Gasteiger partial charge < -0.3 is 15.5 Å². The second kappa shape index (κ2) is 13.9. The third-order valence-corrected chi connectivity index (χ3v) is 8.67. The van der Waals surface area contributed by atoms with E-state index in [0.29, 0.717) is 39.2 Å². The van der Waals surface area contributed by atoms with Crippen LogP contribution in [0.3, 0.4) is 0 Å². The smallest absolute Gasteiger partial charge is 0.227 e. The summed E-state index contributed by atoms with van der Waals surface area (Å²) in [5.41, 5.74) is 2.25. The molecular formula is C28H34F2N8OS2. The van der Waals surface area contributed by atoms with Crippen molar-refractivity contribution in [1.29, 1.82) is 0 Å². The van der Waals surface area contributed by atoms with Crippen molar-refractivity contribution >= 4 is 57.9 Å². The number of halogens is 2. The highest BCUT2D eigenvalue weighted by Crippen LogP contribution is 2.37. The summed E-state index contributed by atoms with van der Waals surface area (Å²) < 4.78 is 47.4. The highest BCUT2D eigenvalue weighted by atomic mass is 32.2. The molecule has 0 bridgehead atoms. The van der Waals surface area contributed by atoms with Crippen molar-refractivity contribution in [2.24, 2.45) is 9.98 Å². The second-order valence-electron chi connectivity index (χ2n) is 9.17. The fourth-order valence-electron chi connectivity index (χ4n) is 4.21. The second-order valence-corrected chi connectivity index (χ2v) is 11.7. The van der Waals surface area contributed by atoms with Crippen molar-refractivity contribution in [2.45, 2.75) is 20.8 Å². The zero-order valence-electron chi connectivity index (χ0n) is 23.5. The third kappa shape index (κ3) is 7.22. The van der Waals surface area contributed by atoms with Crippen molar-refractivity contribution in [2.75, 3.05) is 54.7 Å². The Morgan fingerprint density at radius 3 is 2.71 bits per heavy atom. The van der Waals surface area contributed by atoms with Crippen molar-refractivity contribution < 1.29 is 13.0 Å². The lowest BCUT2D eigenvalue weighted by molar-refractivity contribution is 0.551. The van der Waals surface area contributed by atoms with E-state index < -0.39 is 17.0 Å². The largest absolute Gasteiger partial charge is 0.367 e. The van der Waals surface area contributed by atoms with E-state index in [1.165, 1.54) is 23.5 Å². The van der Waals surface area contributed by atoms with Gasteiger partial charge in [0.25, 0.3) is 0 Å². The van der Waals surface area contributed by atoms with E-state index in [2.05, 4.69) is 37.0 Å². The van der Waals surface area contributed by atoms with Crippen molar-refractivity contribution in [3.8, 4) is 11.3 Å². The Kier molecular flexibility index (Phi) is 10.3. The predicted octanol–water partition coefficient (Wildman–Crippen LogP) is 5.28. The Morgan fingerprint density at radius 2 is 2.05 bits per heavy atom. The average molecular weight is 601 g/mol. The number of nitrogens with one attached hydrogen (secondary N) is 3. The lowest BCUT2D eigenvalue weighted by Gasteiger charge is -2.29. The number of guanidine groups is 1. The number of benzene rings is 2. The SMILES string of the molecule is C=NC(=N/C(=C\C)c1sc(C)nc1-c1cccc(NS(=O)N(C)CC)c1F)Nc1ccc(N2CCNCC2)c(F)c1. The lowest BCUT2D eigenvalue weighted by Crippen LogP contribution is -2.43. The van der Waals surface area contributed by atoms with Gasteiger partial charge in [-0.1, -0.05) is 19.1 Å². The number of nitrogens with zero attached hydrogens (tertiary/aromatic N) is 5. The van der Waals surface area contributed by atoms with Crippen LogP contribution in [0, 0.1) is 18.6 Å². The molecular weight excluding hydrogens is 566 g/mol. The maximum atomic E-state index is 15.7. The van der Waals surface area contributed by atoms with Gasteiger partial charge in [0.2, 0.25) is 5.96 Å². The van der Waals surface area contributed by atoms with Crippen LogP contribution in [0.25, 0.3) is 17.0 Å². The molecule has 0 spiro atoms. The number of anilines is 3. The van der Waals surface area contributed by atoms with Gasteiger partial charge in [0.05, 0.1) is 32.7 Å². The quantitative estimate of drug-likeness (QED) is 0.230. The number of hydrogen-bond donors (Lipinski definition) is 3. The molecule has 2 aromatic carbocycles. The fraction of sp³-hybridized carbons (Fsp3) is 0.321. The molecule has 2 heterocycles. The van der Waals surface area contributed by atoms with Gasteiger partial charge in [0.15, 0.2) is 17.0 Å². The highest BCUT2D eigenvalue weighted by molar-refractivity contribution is 7.84. The summed E-state index contributed by atoms with van der Waals surface area (Å²) in [6, 6.07) is 9.74. The number of thiazole rings is 1. The molecule has 1 saturated heterocycles. The molecule has 4 rings (SSSR count). The molecule has 3 aromatic rings. The van der Waals surface area contributed by atoms with Crippen LogP contribution in [0.2, 0.25) is 0 Å². The van der Waals surface area contributed by atoms with Crippen LogP contribution >= 0.6 is 11.3 Å². The molecule has 1 atom stereocenters. The number of hydrogen-bond acceptors (Lipinski definition) is 6. The molecule has 1 aromatic heterocycles. The molecule has 41 heavy (non-hydrogen) atoms. The van der Waals surface area contributed by atoms with E-state index in [0.717, 1.165) is 26.2 Å². The Bertz CT molecular complexity index is 1480. The minimum atomic E-state index is -1.60. The van der Waals surface area contributed by atoms with Crippen LogP contribution in [-0.2, 0) is 11.2 Å². The summed E-state index contributed by atoms with van der Waals surface area (Å²) in [4.78, 5) is 15.9. The first-order valence-electron chi connectivity index (χ1n) is 13.2. The summed E-state index contributed by atoms with van der Waals surface area (Å²) in [5, 5.41) is 7.00. The van der Waals surface area contributed by atoms with Crippen LogP contribution in [0.1, 0.15) is 23.7 Å². The molecule has 1 fully saturated rings. The van der Waals surface area contributed by atoms with Crippen molar-refractivity contribution in [3.05, 3.63) is 64.0 Å². The number of piperazine rings is 1. The number of rotatable bonds is 9.